The molecule has 1 aromatic rings. The van der Waals surface area contributed by atoms with Crippen molar-refractivity contribution in [3.8, 4) is 0 Å². The molecule has 5 nitrogen and oxygen atoms in total. The molecule has 1 amide bonds. The summed E-state index contributed by atoms with van der Waals surface area (Å²) >= 11 is 0. The van der Waals surface area contributed by atoms with E-state index in [9.17, 15) is 13.2 Å². The van der Waals surface area contributed by atoms with Crippen molar-refractivity contribution in [1.82, 2.24) is 9.62 Å². The van der Waals surface area contributed by atoms with Gasteiger partial charge in [0.15, 0.2) is 0 Å². The zero-order valence-corrected chi connectivity index (χ0v) is 12.9. The summed E-state index contributed by atoms with van der Waals surface area (Å²) in [6, 6.07) is 6.63. The van der Waals surface area contributed by atoms with Crippen LogP contribution in [0, 0.1) is 0 Å². The third kappa shape index (κ3) is 3.71. The van der Waals surface area contributed by atoms with Gasteiger partial charge in [0.05, 0.1) is 4.90 Å². The van der Waals surface area contributed by atoms with Crippen LogP contribution in [0.15, 0.2) is 41.3 Å². The van der Waals surface area contributed by atoms with Crippen molar-refractivity contribution in [2.45, 2.75) is 31.2 Å². The molecule has 0 aromatic heterocycles. The van der Waals surface area contributed by atoms with E-state index in [1.165, 1.54) is 4.31 Å². The summed E-state index contributed by atoms with van der Waals surface area (Å²) in [4.78, 5) is 11.7. The molecule has 1 N–H and O–H groups in total. The summed E-state index contributed by atoms with van der Waals surface area (Å²) in [6.07, 6.45) is 1.84. The molecule has 1 fully saturated rings. The number of hydrogen-bond donors (Lipinski definition) is 1. The molecule has 0 atom stereocenters. The molecule has 0 aliphatic carbocycles. The Morgan fingerprint density at radius 2 is 1.81 bits per heavy atom. The number of amides is 1. The fourth-order valence-electron chi connectivity index (χ4n) is 2.19. The third-order valence-corrected chi connectivity index (χ3v) is 5.38. The Hall–Kier alpha value is -1.66. The first-order chi connectivity index (χ1) is 9.91. The molecule has 0 radical (unpaired) electrons. The minimum Gasteiger partial charge on any atom is -0.348 e. The Bertz CT molecular complexity index is 629. The van der Waals surface area contributed by atoms with E-state index in [0.717, 1.165) is 18.4 Å². The molecular weight excluding hydrogens is 288 g/mol. The summed E-state index contributed by atoms with van der Waals surface area (Å²) < 4.78 is 26.2. The van der Waals surface area contributed by atoms with Gasteiger partial charge in [-0.1, -0.05) is 18.7 Å². The quantitative estimate of drug-likeness (QED) is 0.841. The van der Waals surface area contributed by atoms with Gasteiger partial charge in [-0.05, 0) is 37.5 Å². The SMILES string of the molecule is C=C(C)C(=O)NCc1ccc(S(=O)(=O)N2CCCC2)cc1. The van der Waals surface area contributed by atoms with E-state index in [0.29, 0.717) is 30.1 Å². The largest absolute Gasteiger partial charge is 0.348 e. The third-order valence-electron chi connectivity index (χ3n) is 3.47. The van der Waals surface area contributed by atoms with Crippen molar-refractivity contribution >= 4 is 15.9 Å². The van der Waals surface area contributed by atoms with Crippen LogP contribution in [0.2, 0.25) is 0 Å². The van der Waals surface area contributed by atoms with Crippen LogP contribution in [-0.2, 0) is 21.4 Å². The van der Waals surface area contributed by atoms with Crippen molar-refractivity contribution in [1.29, 1.82) is 0 Å². The van der Waals surface area contributed by atoms with Crippen LogP contribution in [0.3, 0.4) is 0 Å². The molecule has 21 heavy (non-hydrogen) atoms. The Balaban J connectivity index is 2.05. The molecule has 0 bridgehead atoms. The summed E-state index contributed by atoms with van der Waals surface area (Å²) in [5.74, 6) is -0.205. The van der Waals surface area contributed by atoms with Crippen LogP contribution in [-0.4, -0.2) is 31.7 Å². The number of benzene rings is 1. The van der Waals surface area contributed by atoms with E-state index in [1.807, 2.05) is 0 Å². The second kappa shape index (κ2) is 6.41. The summed E-state index contributed by atoms with van der Waals surface area (Å²) in [7, 11) is -3.37. The van der Waals surface area contributed by atoms with E-state index in [-0.39, 0.29) is 5.91 Å². The molecule has 1 aliphatic heterocycles. The number of carbonyl (C=O) groups is 1. The van der Waals surface area contributed by atoms with Crippen molar-refractivity contribution in [2.24, 2.45) is 0 Å². The highest BCUT2D eigenvalue weighted by Crippen LogP contribution is 2.21. The van der Waals surface area contributed by atoms with E-state index in [2.05, 4.69) is 11.9 Å². The number of nitrogens with zero attached hydrogens (tertiary/aromatic N) is 1. The number of nitrogens with one attached hydrogen (secondary N) is 1. The predicted molar refractivity (Wildman–Crippen MR) is 81.1 cm³/mol. The molecule has 0 spiro atoms. The maximum absolute atomic E-state index is 12.3. The van der Waals surface area contributed by atoms with Crippen molar-refractivity contribution in [3.05, 3.63) is 42.0 Å². The van der Waals surface area contributed by atoms with Gasteiger partial charge in [-0.2, -0.15) is 4.31 Å². The number of rotatable bonds is 5. The molecule has 1 saturated heterocycles. The van der Waals surface area contributed by atoms with Crippen molar-refractivity contribution in [2.75, 3.05) is 13.1 Å². The zero-order valence-electron chi connectivity index (χ0n) is 12.1. The first kappa shape index (κ1) is 15.7. The lowest BCUT2D eigenvalue weighted by Crippen LogP contribution is -2.28. The van der Waals surface area contributed by atoms with E-state index in [4.69, 9.17) is 0 Å². The molecule has 2 rings (SSSR count). The second-order valence-corrected chi connectivity index (χ2v) is 7.16. The smallest absolute Gasteiger partial charge is 0.246 e. The second-order valence-electron chi connectivity index (χ2n) is 5.22. The average Bonchev–Trinajstić information content (AvgIpc) is 3.00. The molecule has 0 saturated carbocycles. The highest BCUT2D eigenvalue weighted by atomic mass is 32.2. The van der Waals surface area contributed by atoms with E-state index in [1.54, 1.807) is 31.2 Å². The highest BCUT2D eigenvalue weighted by molar-refractivity contribution is 7.89. The van der Waals surface area contributed by atoms with Gasteiger partial charge in [0, 0.05) is 25.2 Å². The molecule has 6 heteroatoms. The average molecular weight is 308 g/mol. The summed E-state index contributed by atoms with van der Waals surface area (Å²) in [6.45, 7) is 6.75. The van der Waals surface area contributed by atoms with Gasteiger partial charge in [0.25, 0.3) is 0 Å². The van der Waals surface area contributed by atoms with Crippen LogP contribution in [0.25, 0.3) is 0 Å². The van der Waals surface area contributed by atoms with Gasteiger partial charge in [0.2, 0.25) is 15.9 Å². The van der Waals surface area contributed by atoms with Gasteiger partial charge in [0.1, 0.15) is 0 Å². The molecule has 0 unspecified atom stereocenters. The van der Waals surface area contributed by atoms with E-state index >= 15 is 0 Å². The maximum Gasteiger partial charge on any atom is 0.246 e. The molecular formula is C15H20N2O3S. The lowest BCUT2D eigenvalue weighted by atomic mass is 10.2. The van der Waals surface area contributed by atoms with Crippen LogP contribution in [0.4, 0.5) is 0 Å². The van der Waals surface area contributed by atoms with Crippen molar-refractivity contribution < 1.29 is 13.2 Å². The molecule has 1 heterocycles. The molecule has 114 valence electrons. The lowest BCUT2D eigenvalue weighted by molar-refractivity contribution is -0.117. The van der Waals surface area contributed by atoms with Gasteiger partial charge in [-0.25, -0.2) is 8.42 Å². The Kier molecular flexibility index (Phi) is 4.80. The Labute approximate surface area is 125 Å². The van der Waals surface area contributed by atoms with E-state index < -0.39 is 10.0 Å². The van der Waals surface area contributed by atoms with Crippen LogP contribution < -0.4 is 5.32 Å². The standard InChI is InChI=1S/C15H20N2O3S/c1-12(2)15(18)16-11-13-5-7-14(8-6-13)21(19,20)17-9-3-4-10-17/h5-8H,1,3-4,9-11H2,2H3,(H,16,18). The lowest BCUT2D eigenvalue weighted by Gasteiger charge is -2.15. The number of carbonyl (C=O) groups excluding carboxylic acids is 1. The monoisotopic (exact) mass is 308 g/mol. The van der Waals surface area contributed by atoms with Crippen molar-refractivity contribution in [3.63, 3.8) is 0 Å². The molecule has 1 aromatic carbocycles. The maximum atomic E-state index is 12.3. The minimum absolute atomic E-state index is 0.205. The normalized spacial score (nSPS) is 15.9. The summed E-state index contributed by atoms with van der Waals surface area (Å²) in [5, 5.41) is 2.71. The zero-order chi connectivity index (χ0) is 15.5. The number of sulfonamides is 1. The topological polar surface area (TPSA) is 66.5 Å². The van der Waals surface area contributed by atoms with Gasteiger partial charge >= 0.3 is 0 Å². The summed E-state index contributed by atoms with van der Waals surface area (Å²) in [5.41, 5.74) is 1.30. The fourth-order valence-corrected chi connectivity index (χ4v) is 3.71. The van der Waals surface area contributed by atoms with Gasteiger partial charge in [-0.3, -0.25) is 4.79 Å². The number of hydrogen-bond acceptors (Lipinski definition) is 3. The fraction of sp³-hybridized carbons (Fsp3) is 0.400. The minimum atomic E-state index is -3.37. The Morgan fingerprint density at radius 1 is 1.24 bits per heavy atom. The molecule has 1 aliphatic rings. The first-order valence-electron chi connectivity index (χ1n) is 6.94. The highest BCUT2D eigenvalue weighted by Gasteiger charge is 2.26. The van der Waals surface area contributed by atoms with Crippen LogP contribution >= 0.6 is 0 Å². The van der Waals surface area contributed by atoms with Crippen LogP contribution in [0.5, 0.6) is 0 Å². The van der Waals surface area contributed by atoms with Crippen LogP contribution in [0.1, 0.15) is 25.3 Å². The van der Waals surface area contributed by atoms with Gasteiger partial charge < -0.3 is 5.32 Å². The first-order valence-corrected chi connectivity index (χ1v) is 8.38. The Morgan fingerprint density at radius 3 is 2.33 bits per heavy atom. The predicted octanol–water partition coefficient (Wildman–Crippen LogP) is 1.66. The van der Waals surface area contributed by atoms with Gasteiger partial charge in [-0.15, -0.1) is 0 Å².